The van der Waals surface area contributed by atoms with E-state index >= 15 is 0 Å². The van der Waals surface area contributed by atoms with Gasteiger partial charge in [0.1, 0.15) is 17.5 Å². The number of aliphatic hydroxyl groups is 1. The van der Waals surface area contributed by atoms with E-state index in [9.17, 15) is 15.2 Å². The number of hydrogen-bond donors (Lipinski definition) is 4. The number of carbonyl (C=O) groups excluding carboxylic acids is 1. The first-order valence-corrected chi connectivity index (χ1v) is 11.2. The lowest BCUT2D eigenvalue weighted by Gasteiger charge is -2.43. The Morgan fingerprint density at radius 1 is 1.03 bits per heavy atom. The predicted octanol–water partition coefficient (Wildman–Crippen LogP) is 4.46. The van der Waals surface area contributed by atoms with Gasteiger partial charge < -0.3 is 25.8 Å². The number of carbonyl (C=O) groups is 1. The van der Waals surface area contributed by atoms with Gasteiger partial charge in [-0.05, 0) is 55.8 Å². The summed E-state index contributed by atoms with van der Waals surface area (Å²) in [5.74, 6) is 0.276. The van der Waals surface area contributed by atoms with Crippen molar-refractivity contribution < 1.29 is 14.6 Å². The second kappa shape index (κ2) is 9.86. The number of benzene rings is 3. The molecule has 3 aromatic rings. The molecule has 4 rings (SSSR count). The summed E-state index contributed by atoms with van der Waals surface area (Å²) in [6.45, 7) is 4.62. The first-order valence-electron chi connectivity index (χ1n) is 11.2. The normalized spacial score (nSPS) is 18.1. The first-order chi connectivity index (χ1) is 16.4. The van der Waals surface area contributed by atoms with Crippen molar-refractivity contribution >= 4 is 17.4 Å². The van der Waals surface area contributed by atoms with Crippen LogP contribution in [0, 0.1) is 11.3 Å². The van der Waals surface area contributed by atoms with Crippen LogP contribution in [0.15, 0.2) is 72.8 Å². The van der Waals surface area contributed by atoms with Crippen LogP contribution < -0.4 is 20.7 Å². The summed E-state index contributed by atoms with van der Waals surface area (Å²) in [5, 5.41) is 29.7. The molecule has 1 aliphatic heterocycles. The summed E-state index contributed by atoms with van der Waals surface area (Å²) in [5.41, 5.74) is 2.96. The quantitative estimate of drug-likeness (QED) is 0.410. The number of rotatable bonds is 6. The van der Waals surface area contributed by atoms with Gasteiger partial charge in [0.25, 0.3) is 0 Å². The van der Waals surface area contributed by atoms with E-state index in [0.717, 1.165) is 22.5 Å². The van der Waals surface area contributed by atoms with Crippen LogP contribution in [-0.4, -0.2) is 35.9 Å². The zero-order chi connectivity index (χ0) is 24.1. The molecule has 7 nitrogen and oxygen atoms in total. The third kappa shape index (κ3) is 4.98. The number of nitrogens with one attached hydrogen (secondary N) is 3. The molecule has 0 aliphatic carbocycles. The van der Waals surface area contributed by atoms with E-state index in [0.29, 0.717) is 24.4 Å². The number of nitrogens with zero attached hydrogens (tertiary/aromatic N) is 1. The van der Waals surface area contributed by atoms with Crippen molar-refractivity contribution in [3.8, 4) is 11.8 Å². The van der Waals surface area contributed by atoms with E-state index in [4.69, 9.17) is 4.74 Å². The zero-order valence-electron chi connectivity index (χ0n) is 19.2. The smallest absolute Gasteiger partial charge is 0.319 e. The Hall–Kier alpha value is -4.02. The maximum atomic E-state index is 12.1. The lowest BCUT2D eigenvalue weighted by Crippen LogP contribution is -2.49. The summed E-state index contributed by atoms with van der Waals surface area (Å²) in [6, 6.07) is 24.2. The van der Waals surface area contributed by atoms with Crippen LogP contribution in [-0.2, 0) is 0 Å². The number of urea groups is 1. The Morgan fingerprint density at radius 2 is 1.76 bits per heavy atom. The molecule has 3 aromatic carbocycles. The first kappa shape index (κ1) is 23.1. The van der Waals surface area contributed by atoms with Gasteiger partial charge in [0.15, 0.2) is 0 Å². The number of anilines is 2. The summed E-state index contributed by atoms with van der Waals surface area (Å²) < 4.78 is 6.06. The van der Waals surface area contributed by atoms with Gasteiger partial charge in [0.05, 0.1) is 11.6 Å². The largest absolute Gasteiger partial charge is 0.485 e. The molecular formula is C27H28N4O3. The van der Waals surface area contributed by atoms with Crippen molar-refractivity contribution in [1.29, 1.82) is 5.26 Å². The summed E-state index contributed by atoms with van der Waals surface area (Å²) in [7, 11) is 0. The van der Waals surface area contributed by atoms with Gasteiger partial charge >= 0.3 is 6.03 Å². The lowest BCUT2D eigenvalue weighted by atomic mass is 9.76. The highest BCUT2D eigenvalue weighted by Crippen LogP contribution is 2.46. The molecule has 7 heteroatoms. The Labute approximate surface area is 199 Å². The van der Waals surface area contributed by atoms with Gasteiger partial charge in [-0.2, -0.15) is 5.26 Å². The second-order valence-corrected chi connectivity index (χ2v) is 8.75. The minimum Gasteiger partial charge on any atom is -0.485 e. The fourth-order valence-electron chi connectivity index (χ4n) is 4.21. The highest BCUT2D eigenvalue weighted by Gasteiger charge is 2.44. The molecule has 0 spiro atoms. The number of para-hydroxylation sites is 2. The highest BCUT2D eigenvalue weighted by atomic mass is 16.5. The molecule has 0 saturated carbocycles. The fraction of sp³-hybridized carbons (Fsp3) is 0.259. The zero-order valence-corrected chi connectivity index (χ0v) is 19.2. The minimum atomic E-state index is -0.827. The SMILES string of the molecule is CC1(C)Oc2ccc(C#N)cc2C(c2ccccc2NCCNC(=O)Nc2ccccc2)C1O. The standard InChI is InChI=1S/C27H28N4O3/c1-27(2)25(32)24(21-16-18(17-28)12-13-23(21)34-27)20-10-6-7-11-22(20)29-14-15-30-26(33)31-19-8-4-3-5-9-19/h3-13,16,24-25,29,32H,14-15H2,1-2H3,(H2,30,31,33). The number of aliphatic hydroxyl groups excluding tert-OH is 1. The van der Waals surface area contributed by atoms with Gasteiger partial charge in [0.2, 0.25) is 0 Å². The molecule has 2 atom stereocenters. The van der Waals surface area contributed by atoms with Crippen LogP contribution in [0.5, 0.6) is 5.75 Å². The lowest BCUT2D eigenvalue weighted by molar-refractivity contribution is -0.0510. The minimum absolute atomic E-state index is 0.277. The monoisotopic (exact) mass is 456 g/mol. The number of fused-ring (bicyclic) bond motifs is 1. The number of nitriles is 1. The maximum absolute atomic E-state index is 12.1. The van der Waals surface area contributed by atoms with Crippen molar-refractivity contribution in [2.45, 2.75) is 31.5 Å². The Balaban J connectivity index is 1.50. The predicted molar refractivity (Wildman–Crippen MR) is 132 cm³/mol. The number of ether oxygens (including phenoxy) is 1. The van der Waals surface area contributed by atoms with Crippen LogP contribution >= 0.6 is 0 Å². The molecule has 0 bridgehead atoms. The number of amides is 2. The number of hydrogen-bond acceptors (Lipinski definition) is 5. The average Bonchev–Trinajstić information content (AvgIpc) is 2.83. The van der Waals surface area contributed by atoms with Gasteiger partial charge in [-0.15, -0.1) is 0 Å². The molecule has 0 saturated heterocycles. The van der Waals surface area contributed by atoms with Crippen LogP contribution in [0.4, 0.5) is 16.2 Å². The van der Waals surface area contributed by atoms with Crippen LogP contribution in [0.3, 0.4) is 0 Å². The molecule has 1 aliphatic rings. The Bertz CT molecular complexity index is 1200. The van der Waals surface area contributed by atoms with E-state index < -0.39 is 11.7 Å². The molecule has 0 aromatic heterocycles. The second-order valence-electron chi connectivity index (χ2n) is 8.75. The molecule has 2 unspecified atom stereocenters. The Morgan fingerprint density at radius 3 is 2.53 bits per heavy atom. The summed E-state index contributed by atoms with van der Waals surface area (Å²) >= 11 is 0. The molecule has 0 radical (unpaired) electrons. The molecule has 34 heavy (non-hydrogen) atoms. The van der Waals surface area contributed by atoms with E-state index in [1.165, 1.54) is 0 Å². The average molecular weight is 457 g/mol. The molecule has 1 heterocycles. The summed E-state index contributed by atoms with van der Waals surface area (Å²) in [4.78, 5) is 12.1. The Kier molecular flexibility index (Phi) is 6.71. The van der Waals surface area contributed by atoms with E-state index in [1.807, 2.05) is 68.4 Å². The third-order valence-electron chi connectivity index (χ3n) is 5.93. The van der Waals surface area contributed by atoms with Crippen molar-refractivity contribution in [2.24, 2.45) is 0 Å². The van der Waals surface area contributed by atoms with E-state index in [1.54, 1.807) is 18.2 Å². The highest BCUT2D eigenvalue weighted by molar-refractivity contribution is 5.89. The van der Waals surface area contributed by atoms with Crippen LogP contribution in [0.1, 0.15) is 36.5 Å². The van der Waals surface area contributed by atoms with Gasteiger partial charge in [-0.25, -0.2) is 4.79 Å². The van der Waals surface area contributed by atoms with Gasteiger partial charge in [-0.3, -0.25) is 0 Å². The maximum Gasteiger partial charge on any atom is 0.319 e. The molecule has 174 valence electrons. The van der Waals surface area contributed by atoms with Crippen molar-refractivity contribution in [1.82, 2.24) is 5.32 Å². The van der Waals surface area contributed by atoms with Gasteiger partial charge in [-0.1, -0.05) is 36.4 Å². The van der Waals surface area contributed by atoms with E-state index in [-0.39, 0.29) is 11.9 Å². The van der Waals surface area contributed by atoms with Crippen LogP contribution in [0.25, 0.3) is 0 Å². The molecular weight excluding hydrogens is 428 g/mol. The van der Waals surface area contributed by atoms with Crippen molar-refractivity contribution in [2.75, 3.05) is 23.7 Å². The van der Waals surface area contributed by atoms with Crippen molar-refractivity contribution in [3.63, 3.8) is 0 Å². The van der Waals surface area contributed by atoms with Gasteiger partial charge in [0, 0.05) is 35.9 Å². The molecule has 2 amide bonds. The van der Waals surface area contributed by atoms with E-state index in [2.05, 4.69) is 22.0 Å². The summed E-state index contributed by atoms with van der Waals surface area (Å²) in [6.07, 6.45) is -0.827. The third-order valence-corrected chi connectivity index (χ3v) is 5.93. The topological polar surface area (TPSA) is 106 Å². The molecule has 0 fully saturated rings. The van der Waals surface area contributed by atoms with Crippen LogP contribution in [0.2, 0.25) is 0 Å². The fourth-order valence-corrected chi connectivity index (χ4v) is 4.21. The molecule has 4 N–H and O–H groups in total. The van der Waals surface area contributed by atoms with Crippen molar-refractivity contribution in [3.05, 3.63) is 89.5 Å².